The maximum Gasteiger partial charge on any atom is 0.238 e. The molecule has 4 nitrogen and oxygen atoms in total. The molecule has 5 heteroatoms. The van der Waals surface area contributed by atoms with Crippen molar-refractivity contribution in [1.29, 1.82) is 0 Å². The Kier molecular flexibility index (Phi) is 4.53. The third-order valence-electron chi connectivity index (χ3n) is 4.33. The smallest absolute Gasteiger partial charge is 0.238 e. The lowest BCUT2D eigenvalue weighted by atomic mass is 10.0. The summed E-state index contributed by atoms with van der Waals surface area (Å²) in [7, 11) is -3.73. The van der Waals surface area contributed by atoms with Crippen LogP contribution in [0.15, 0.2) is 47.4 Å². The fourth-order valence-corrected chi connectivity index (χ4v) is 3.99. The summed E-state index contributed by atoms with van der Waals surface area (Å²) in [5.41, 5.74) is 4.21. The number of hydrogen-bond donors (Lipinski definition) is 2. The van der Waals surface area contributed by atoms with Crippen LogP contribution in [0.25, 0.3) is 11.1 Å². The lowest BCUT2D eigenvalue weighted by Gasteiger charge is -2.10. The number of nitrogens with two attached hydrogens (primary N) is 1. The minimum Gasteiger partial charge on any atom is -0.313 e. The molecular formula is C18H22N2O2S. The summed E-state index contributed by atoms with van der Waals surface area (Å²) >= 11 is 0. The Balaban J connectivity index is 1.94. The minimum atomic E-state index is -3.73. The molecule has 2 aromatic carbocycles. The van der Waals surface area contributed by atoms with Gasteiger partial charge in [0.25, 0.3) is 0 Å². The highest BCUT2D eigenvalue weighted by Crippen LogP contribution is 2.31. The van der Waals surface area contributed by atoms with Crippen molar-refractivity contribution < 1.29 is 8.42 Å². The van der Waals surface area contributed by atoms with Crippen LogP contribution in [0.1, 0.15) is 24.5 Å². The van der Waals surface area contributed by atoms with E-state index in [0.29, 0.717) is 11.6 Å². The Morgan fingerprint density at radius 2 is 1.87 bits per heavy atom. The van der Waals surface area contributed by atoms with E-state index in [-0.39, 0.29) is 4.90 Å². The lowest BCUT2D eigenvalue weighted by molar-refractivity contribution is 0.531. The fraction of sp³-hybridized carbons (Fsp3) is 0.333. The molecule has 0 amide bonds. The van der Waals surface area contributed by atoms with Gasteiger partial charge < -0.3 is 5.32 Å². The average molecular weight is 330 g/mol. The van der Waals surface area contributed by atoms with Crippen LogP contribution in [0.5, 0.6) is 0 Å². The van der Waals surface area contributed by atoms with Gasteiger partial charge in [-0.3, -0.25) is 0 Å². The number of rotatable bonds is 5. The van der Waals surface area contributed by atoms with E-state index in [1.54, 1.807) is 12.1 Å². The summed E-state index contributed by atoms with van der Waals surface area (Å²) in [5.74, 6) is 0. The first-order valence-electron chi connectivity index (χ1n) is 7.96. The third-order valence-corrected chi connectivity index (χ3v) is 5.30. The first-order valence-corrected chi connectivity index (χ1v) is 9.51. The summed E-state index contributed by atoms with van der Waals surface area (Å²) in [4.78, 5) is 0.179. The maximum atomic E-state index is 11.8. The number of benzene rings is 2. The van der Waals surface area contributed by atoms with E-state index in [1.807, 2.05) is 18.2 Å². The van der Waals surface area contributed by atoms with Gasteiger partial charge in [-0.25, -0.2) is 13.6 Å². The second-order valence-corrected chi connectivity index (χ2v) is 7.61. The summed E-state index contributed by atoms with van der Waals surface area (Å²) in [6, 6.07) is 13.6. The fourth-order valence-electron chi connectivity index (χ4n) is 3.23. The van der Waals surface area contributed by atoms with E-state index in [0.717, 1.165) is 31.4 Å². The van der Waals surface area contributed by atoms with Gasteiger partial charge in [-0.1, -0.05) is 43.3 Å². The van der Waals surface area contributed by atoms with E-state index in [4.69, 9.17) is 5.14 Å². The van der Waals surface area contributed by atoms with Gasteiger partial charge >= 0.3 is 0 Å². The molecule has 0 saturated carbocycles. The van der Waals surface area contributed by atoms with E-state index >= 15 is 0 Å². The third kappa shape index (κ3) is 3.47. The van der Waals surface area contributed by atoms with E-state index in [2.05, 4.69) is 24.4 Å². The molecule has 0 aromatic heterocycles. The first kappa shape index (κ1) is 16.2. The van der Waals surface area contributed by atoms with Crippen molar-refractivity contribution in [1.82, 2.24) is 5.32 Å². The Morgan fingerprint density at radius 3 is 2.61 bits per heavy atom. The molecule has 23 heavy (non-hydrogen) atoms. The van der Waals surface area contributed by atoms with Crippen LogP contribution in [0, 0.1) is 0 Å². The second kappa shape index (κ2) is 6.43. The second-order valence-electron chi connectivity index (χ2n) is 6.08. The average Bonchev–Trinajstić information content (AvgIpc) is 2.94. The highest BCUT2D eigenvalue weighted by atomic mass is 32.2. The Morgan fingerprint density at radius 1 is 1.13 bits per heavy atom. The van der Waals surface area contributed by atoms with Crippen molar-refractivity contribution in [2.24, 2.45) is 5.14 Å². The van der Waals surface area contributed by atoms with Crippen molar-refractivity contribution in [2.45, 2.75) is 37.1 Å². The molecule has 0 bridgehead atoms. The van der Waals surface area contributed by atoms with Gasteiger partial charge in [0, 0.05) is 11.6 Å². The monoisotopic (exact) mass is 330 g/mol. The Hall–Kier alpha value is -1.69. The predicted molar refractivity (Wildman–Crippen MR) is 92.7 cm³/mol. The van der Waals surface area contributed by atoms with Crippen LogP contribution in [0.4, 0.5) is 0 Å². The van der Waals surface area contributed by atoms with Gasteiger partial charge in [0.05, 0.1) is 4.90 Å². The molecule has 0 fully saturated rings. The highest BCUT2D eigenvalue weighted by molar-refractivity contribution is 7.89. The molecule has 0 saturated heterocycles. The van der Waals surface area contributed by atoms with Crippen LogP contribution >= 0.6 is 0 Å². The molecule has 3 rings (SSSR count). The molecule has 3 N–H and O–H groups in total. The van der Waals surface area contributed by atoms with Crippen molar-refractivity contribution in [3.8, 4) is 11.1 Å². The van der Waals surface area contributed by atoms with E-state index in [9.17, 15) is 8.42 Å². The zero-order chi connectivity index (χ0) is 16.4. The summed E-state index contributed by atoms with van der Waals surface area (Å²) in [6.07, 6.45) is 3.15. The molecule has 0 heterocycles. The van der Waals surface area contributed by atoms with Gasteiger partial charge in [0.15, 0.2) is 0 Å². The number of nitrogens with one attached hydrogen (secondary N) is 1. The van der Waals surface area contributed by atoms with Gasteiger partial charge in [0.2, 0.25) is 10.0 Å². The summed E-state index contributed by atoms with van der Waals surface area (Å²) < 4.78 is 23.6. The quantitative estimate of drug-likeness (QED) is 0.884. The number of sulfonamides is 1. The van der Waals surface area contributed by atoms with Crippen LogP contribution in [-0.2, 0) is 22.9 Å². The normalized spacial score (nSPS) is 17.2. The van der Waals surface area contributed by atoms with Crippen LogP contribution in [-0.4, -0.2) is 21.0 Å². The van der Waals surface area contributed by atoms with E-state index in [1.165, 1.54) is 11.1 Å². The molecule has 0 aliphatic heterocycles. The number of hydrogen-bond acceptors (Lipinski definition) is 3. The largest absolute Gasteiger partial charge is 0.313 e. The molecular weight excluding hydrogens is 308 g/mol. The summed E-state index contributed by atoms with van der Waals surface area (Å²) in [6.45, 7) is 3.19. The molecule has 0 unspecified atom stereocenters. The molecule has 122 valence electrons. The van der Waals surface area contributed by atoms with Crippen LogP contribution in [0.3, 0.4) is 0 Å². The SMILES string of the molecule is CCCN[C@@H]1Cc2ccc(-c3ccccc3S(N)(=O)=O)cc2C1. The molecule has 1 aliphatic rings. The van der Waals surface area contributed by atoms with E-state index < -0.39 is 10.0 Å². The van der Waals surface area contributed by atoms with Gasteiger partial charge in [-0.2, -0.15) is 0 Å². The van der Waals surface area contributed by atoms with Gasteiger partial charge in [0.1, 0.15) is 0 Å². The number of primary sulfonamides is 1. The minimum absolute atomic E-state index is 0.179. The summed E-state index contributed by atoms with van der Waals surface area (Å²) in [5, 5.41) is 8.90. The zero-order valence-corrected chi connectivity index (χ0v) is 14.1. The molecule has 1 aliphatic carbocycles. The molecule has 1 atom stereocenters. The maximum absolute atomic E-state index is 11.8. The van der Waals surface area contributed by atoms with Crippen molar-refractivity contribution in [3.05, 3.63) is 53.6 Å². The predicted octanol–water partition coefficient (Wildman–Crippen LogP) is 2.47. The van der Waals surface area contributed by atoms with Crippen LogP contribution in [0.2, 0.25) is 0 Å². The number of fused-ring (bicyclic) bond motifs is 1. The topological polar surface area (TPSA) is 72.2 Å². The first-order chi connectivity index (χ1) is 11.0. The molecule has 0 radical (unpaired) electrons. The van der Waals surface area contributed by atoms with Gasteiger partial charge in [-0.15, -0.1) is 0 Å². The van der Waals surface area contributed by atoms with Crippen LogP contribution < -0.4 is 10.5 Å². The molecule has 0 spiro atoms. The Bertz CT molecular complexity index is 816. The van der Waals surface area contributed by atoms with Gasteiger partial charge in [-0.05, 0) is 48.6 Å². The molecule has 2 aromatic rings. The van der Waals surface area contributed by atoms with Crippen molar-refractivity contribution >= 4 is 10.0 Å². The zero-order valence-electron chi connectivity index (χ0n) is 13.2. The standard InChI is InChI=1S/C18H22N2O2S/c1-2-9-20-16-11-13-7-8-14(10-15(13)12-16)17-5-3-4-6-18(17)23(19,21)22/h3-8,10,16,20H,2,9,11-12H2,1H3,(H2,19,21,22)/t16-/m1/s1. The van der Waals surface area contributed by atoms with Crippen molar-refractivity contribution in [2.75, 3.05) is 6.54 Å². The Labute approximate surface area is 137 Å². The lowest BCUT2D eigenvalue weighted by Crippen LogP contribution is -2.29. The van der Waals surface area contributed by atoms with Crippen molar-refractivity contribution in [3.63, 3.8) is 0 Å². The highest BCUT2D eigenvalue weighted by Gasteiger charge is 2.22.